The van der Waals surface area contributed by atoms with Crippen LogP contribution in [0.25, 0.3) is 0 Å². The fourth-order valence-electron chi connectivity index (χ4n) is 0.872. The molecule has 1 unspecified atom stereocenters. The van der Waals surface area contributed by atoms with Crippen molar-refractivity contribution in [2.24, 2.45) is 0 Å². The Balaban J connectivity index is 3.81. The molecule has 0 fully saturated rings. The van der Waals surface area contributed by atoms with Gasteiger partial charge in [-0.15, -0.1) is 6.58 Å². The lowest BCUT2D eigenvalue weighted by atomic mass is 10.3. The molecule has 0 aromatic heterocycles. The molecule has 0 aliphatic heterocycles. The molecule has 0 amide bonds. The summed E-state index contributed by atoms with van der Waals surface area (Å²) < 4.78 is 10.3. The quantitative estimate of drug-likeness (QED) is 0.197. The van der Waals surface area contributed by atoms with Crippen LogP contribution in [-0.4, -0.2) is 18.9 Å². The first kappa shape index (κ1) is 12.9. The highest BCUT2D eigenvalue weighted by Crippen LogP contribution is 2.05. The first-order valence-electron chi connectivity index (χ1n) is 4.80. The predicted molar refractivity (Wildman–Crippen MR) is 55.8 cm³/mol. The zero-order valence-electron chi connectivity index (χ0n) is 8.70. The Labute approximate surface area is 85.4 Å². The van der Waals surface area contributed by atoms with E-state index in [0.717, 1.165) is 18.9 Å². The average Bonchev–Trinajstić information content (AvgIpc) is 2.18. The summed E-state index contributed by atoms with van der Waals surface area (Å²) >= 11 is 0. The zero-order valence-corrected chi connectivity index (χ0v) is 8.70. The van der Waals surface area contributed by atoms with Crippen molar-refractivity contribution < 1.29 is 14.3 Å². The number of carbonyl (C=O) groups excluding carboxylic acids is 1. The highest BCUT2D eigenvalue weighted by molar-refractivity contribution is 5.81. The van der Waals surface area contributed by atoms with Crippen LogP contribution in [-0.2, 0) is 14.3 Å². The van der Waals surface area contributed by atoms with E-state index >= 15 is 0 Å². The summed E-state index contributed by atoms with van der Waals surface area (Å²) in [5.74, 6) is -0.443. The molecule has 14 heavy (non-hydrogen) atoms. The summed E-state index contributed by atoms with van der Waals surface area (Å²) in [4.78, 5) is 10.9. The van der Waals surface area contributed by atoms with Gasteiger partial charge in [0, 0.05) is 12.5 Å². The van der Waals surface area contributed by atoms with E-state index in [1.165, 1.54) is 0 Å². The molecule has 0 N–H and O–H groups in total. The Bertz CT molecular complexity index is 187. The lowest BCUT2D eigenvalue weighted by Crippen LogP contribution is -2.20. The van der Waals surface area contributed by atoms with Crippen molar-refractivity contribution in [3.8, 4) is 0 Å². The molecule has 1 atom stereocenters. The number of hydrogen-bond acceptors (Lipinski definition) is 3. The van der Waals surface area contributed by atoms with Crippen LogP contribution in [0.2, 0.25) is 0 Å². The normalized spacial score (nSPS) is 11.8. The van der Waals surface area contributed by atoms with Crippen LogP contribution in [0.1, 0.15) is 26.2 Å². The van der Waals surface area contributed by atoms with Crippen molar-refractivity contribution in [2.45, 2.75) is 32.5 Å². The molecule has 0 radical (unpaired) electrons. The molecule has 0 aromatic carbocycles. The van der Waals surface area contributed by atoms with Crippen molar-refractivity contribution in [3.63, 3.8) is 0 Å². The highest BCUT2D eigenvalue weighted by Gasteiger charge is 2.10. The highest BCUT2D eigenvalue weighted by atomic mass is 16.7. The van der Waals surface area contributed by atoms with Gasteiger partial charge < -0.3 is 9.47 Å². The van der Waals surface area contributed by atoms with Crippen molar-refractivity contribution >= 4 is 5.97 Å². The van der Waals surface area contributed by atoms with Gasteiger partial charge in [0.05, 0.1) is 6.61 Å². The minimum Gasteiger partial charge on any atom is -0.433 e. The van der Waals surface area contributed by atoms with Gasteiger partial charge in [-0.05, 0) is 6.42 Å². The molecule has 3 nitrogen and oxygen atoms in total. The Morgan fingerprint density at radius 2 is 2.21 bits per heavy atom. The summed E-state index contributed by atoms with van der Waals surface area (Å²) in [6, 6.07) is 0. The van der Waals surface area contributed by atoms with Crippen LogP contribution < -0.4 is 0 Å². The Morgan fingerprint density at radius 1 is 1.50 bits per heavy atom. The van der Waals surface area contributed by atoms with Crippen LogP contribution >= 0.6 is 0 Å². The van der Waals surface area contributed by atoms with Crippen molar-refractivity contribution in [3.05, 3.63) is 25.3 Å². The maximum Gasteiger partial charge on any atom is 0.332 e. The summed E-state index contributed by atoms with van der Waals surface area (Å²) in [5, 5.41) is 0. The molecular weight excluding hydrogens is 180 g/mol. The van der Waals surface area contributed by atoms with E-state index < -0.39 is 12.3 Å². The SMILES string of the molecule is C=CCCOC(CCC)OC(=O)C=C. The second kappa shape index (κ2) is 8.51. The topological polar surface area (TPSA) is 35.5 Å². The molecule has 3 heteroatoms. The van der Waals surface area contributed by atoms with Crippen LogP contribution in [0.3, 0.4) is 0 Å². The molecule has 0 saturated heterocycles. The van der Waals surface area contributed by atoms with E-state index in [0.29, 0.717) is 13.0 Å². The average molecular weight is 198 g/mol. The third kappa shape index (κ3) is 6.43. The smallest absolute Gasteiger partial charge is 0.332 e. The summed E-state index contributed by atoms with van der Waals surface area (Å²) in [6.07, 6.45) is 4.81. The molecule has 0 rings (SSSR count). The summed E-state index contributed by atoms with van der Waals surface area (Å²) in [7, 11) is 0. The number of rotatable bonds is 8. The van der Waals surface area contributed by atoms with E-state index in [4.69, 9.17) is 9.47 Å². The fourth-order valence-corrected chi connectivity index (χ4v) is 0.872. The number of carbonyl (C=O) groups is 1. The molecule has 0 aromatic rings. The molecule has 0 heterocycles. The van der Waals surface area contributed by atoms with E-state index in [9.17, 15) is 4.79 Å². The van der Waals surface area contributed by atoms with Gasteiger partial charge in [0.25, 0.3) is 0 Å². The third-order valence-electron chi connectivity index (χ3n) is 1.56. The summed E-state index contributed by atoms with van der Waals surface area (Å²) in [6.45, 7) is 9.43. The van der Waals surface area contributed by atoms with E-state index in [1.54, 1.807) is 6.08 Å². The number of esters is 1. The lowest BCUT2D eigenvalue weighted by Gasteiger charge is -2.16. The lowest BCUT2D eigenvalue weighted by molar-refractivity contribution is -0.174. The monoisotopic (exact) mass is 198 g/mol. The van der Waals surface area contributed by atoms with Gasteiger partial charge in [0.1, 0.15) is 0 Å². The third-order valence-corrected chi connectivity index (χ3v) is 1.56. The standard InChI is InChI=1S/C11H18O3/c1-4-7-9-13-11(8-5-2)14-10(12)6-3/h4,6,11H,1,3,5,7-9H2,2H3. The first-order chi connectivity index (χ1) is 6.74. The van der Waals surface area contributed by atoms with Gasteiger partial charge in [-0.25, -0.2) is 4.79 Å². The molecule has 0 spiro atoms. The van der Waals surface area contributed by atoms with E-state index in [2.05, 4.69) is 13.2 Å². The van der Waals surface area contributed by atoms with Gasteiger partial charge in [-0.1, -0.05) is 26.0 Å². The second-order valence-electron chi connectivity index (χ2n) is 2.81. The van der Waals surface area contributed by atoms with Gasteiger partial charge in [-0.2, -0.15) is 0 Å². The number of ether oxygens (including phenoxy) is 2. The van der Waals surface area contributed by atoms with Crippen LogP contribution in [0.15, 0.2) is 25.3 Å². The van der Waals surface area contributed by atoms with Crippen molar-refractivity contribution in [1.29, 1.82) is 0 Å². The molecule has 0 bridgehead atoms. The summed E-state index contributed by atoms with van der Waals surface area (Å²) in [5.41, 5.74) is 0. The molecule has 0 aliphatic carbocycles. The number of hydrogen-bond donors (Lipinski definition) is 0. The Kier molecular flexibility index (Phi) is 7.84. The minimum absolute atomic E-state index is 0.443. The zero-order chi connectivity index (χ0) is 10.8. The van der Waals surface area contributed by atoms with Gasteiger partial charge in [0.2, 0.25) is 6.29 Å². The van der Waals surface area contributed by atoms with Crippen molar-refractivity contribution in [1.82, 2.24) is 0 Å². The van der Waals surface area contributed by atoms with E-state index in [1.807, 2.05) is 6.92 Å². The molecule has 80 valence electrons. The van der Waals surface area contributed by atoms with Crippen LogP contribution in [0, 0.1) is 0 Å². The maximum absolute atomic E-state index is 10.9. The largest absolute Gasteiger partial charge is 0.433 e. The molecule has 0 aliphatic rings. The first-order valence-corrected chi connectivity index (χ1v) is 4.80. The predicted octanol–water partition coefficient (Wildman–Crippen LogP) is 2.43. The van der Waals surface area contributed by atoms with Gasteiger partial charge >= 0.3 is 5.97 Å². The van der Waals surface area contributed by atoms with Crippen LogP contribution in [0.4, 0.5) is 0 Å². The second-order valence-corrected chi connectivity index (χ2v) is 2.81. The van der Waals surface area contributed by atoms with Crippen LogP contribution in [0.5, 0.6) is 0 Å². The Morgan fingerprint density at radius 3 is 2.71 bits per heavy atom. The Hall–Kier alpha value is -1.09. The van der Waals surface area contributed by atoms with Crippen molar-refractivity contribution in [2.75, 3.05) is 6.61 Å². The minimum atomic E-state index is -0.453. The fraction of sp³-hybridized carbons (Fsp3) is 0.545. The van der Waals surface area contributed by atoms with Gasteiger partial charge in [0.15, 0.2) is 0 Å². The maximum atomic E-state index is 10.9. The molecular formula is C11H18O3. The molecule has 0 saturated carbocycles. The van der Waals surface area contributed by atoms with E-state index in [-0.39, 0.29) is 0 Å². The van der Waals surface area contributed by atoms with Gasteiger partial charge in [-0.3, -0.25) is 0 Å².